The molecule has 0 radical (unpaired) electrons. The average molecular weight is 353 g/mol. The topological polar surface area (TPSA) is 39.5 Å². The first-order valence-corrected chi connectivity index (χ1v) is 9.98. The highest BCUT2D eigenvalue weighted by Crippen LogP contribution is 2.58. The fraction of sp³-hybridized carbons (Fsp3) is 0.667. The number of hydrogen-bond donors (Lipinski definition) is 0. The van der Waals surface area contributed by atoms with Crippen LogP contribution in [0.15, 0.2) is 24.4 Å². The molecule has 2 saturated carbocycles. The monoisotopic (exact) mass is 353 g/mol. The van der Waals surface area contributed by atoms with Crippen molar-refractivity contribution in [1.82, 2.24) is 14.7 Å². The molecule has 5 nitrogen and oxygen atoms in total. The number of likely N-dealkylation sites (tertiary alicyclic amines) is 1. The largest absolute Gasteiger partial charge is 0.378 e. The maximum absolute atomic E-state index is 6.18. The average Bonchev–Trinajstić information content (AvgIpc) is 3.07. The lowest BCUT2D eigenvalue weighted by Gasteiger charge is -2.35. The molecule has 0 N–H and O–H groups in total. The molecule has 1 aromatic carbocycles. The fourth-order valence-corrected chi connectivity index (χ4v) is 5.74. The lowest BCUT2D eigenvalue weighted by Crippen LogP contribution is -2.41. The summed E-state index contributed by atoms with van der Waals surface area (Å²) < 4.78 is 14.0. The number of rotatable bonds is 6. The van der Waals surface area contributed by atoms with Crippen molar-refractivity contribution in [2.24, 2.45) is 24.3 Å². The van der Waals surface area contributed by atoms with Crippen molar-refractivity contribution in [2.45, 2.75) is 31.4 Å². The molecule has 3 saturated heterocycles. The molecular formula is C21H27N3O2. The lowest BCUT2D eigenvalue weighted by atomic mass is 9.75. The van der Waals surface area contributed by atoms with E-state index in [1.807, 2.05) is 17.9 Å². The summed E-state index contributed by atoms with van der Waals surface area (Å²) in [6.07, 6.45) is 5.77. The van der Waals surface area contributed by atoms with Crippen molar-refractivity contribution in [3.05, 3.63) is 30.0 Å². The third-order valence-electron chi connectivity index (χ3n) is 7.29. The van der Waals surface area contributed by atoms with Crippen molar-refractivity contribution < 1.29 is 9.47 Å². The van der Waals surface area contributed by atoms with Gasteiger partial charge in [0.2, 0.25) is 0 Å². The highest BCUT2D eigenvalue weighted by Gasteiger charge is 2.60. The van der Waals surface area contributed by atoms with Crippen LogP contribution in [0.2, 0.25) is 0 Å². The third kappa shape index (κ3) is 2.37. The van der Waals surface area contributed by atoms with E-state index in [4.69, 9.17) is 9.47 Å². The zero-order valence-corrected chi connectivity index (χ0v) is 15.5. The number of piperidine rings is 1. The third-order valence-corrected chi connectivity index (χ3v) is 7.29. The Labute approximate surface area is 154 Å². The van der Waals surface area contributed by atoms with Crippen molar-refractivity contribution in [3.8, 4) is 0 Å². The highest BCUT2D eigenvalue weighted by atomic mass is 16.6. The van der Waals surface area contributed by atoms with Crippen LogP contribution in [0.5, 0.6) is 0 Å². The van der Waals surface area contributed by atoms with Crippen LogP contribution in [0, 0.1) is 17.3 Å². The van der Waals surface area contributed by atoms with Gasteiger partial charge in [-0.25, -0.2) is 0 Å². The number of ether oxygens (including phenoxy) is 2. The summed E-state index contributed by atoms with van der Waals surface area (Å²) in [5, 5.41) is 5.59. The first-order valence-electron chi connectivity index (χ1n) is 9.98. The van der Waals surface area contributed by atoms with Gasteiger partial charge in [-0.1, -0.05) is 6.07 Å². The van der Waals surface area contributed by atoms with Gasteiger partial charge in [-0.3, -0.25) is 9.58 Å². The quantitative estimate of drug-likeness (QED) is 0.800. The van der Waals surface area contributed by atoms with Crippen LogP contribution in [-0.4, -0.2) is 53.2 Å². The number of aromatic nitrogens is 2. The van der Waals surface area contributed by atoms with Crippen LogP contribution in [-0.2, 0) is 23.1 Å². The summed E-state index contributed by atoms with van der Waals surface area (Å²) in [4.78, 5) is 2.61. The molecule has 0 amide bonds. The zero-order valence-electron chi connectivity index (χ0n) is 15.5. The van der Waals surface area contributed by atoms with Crippen LogP contribution >= 0.6 is 0 Å². The van der Waals surface area contributed by atoms with E-state index in [-0.39, 0.29) is 5.60 Å². The predicted octanol–water partition coefficient (Wildman–Crippen LogP) is 2.59. The molecule has 26 heavy (non-hydrogen) atoms. The van der Waals surface area contributed by atoms with Gasteiger partial charge in [0.05, 0.1) is 37.1 Å². The van der Waals surface area contributed by atoms with E-state index < -0.39 is 0 Å². The number of aryl methyl sites for hydroxylation is 1. The SMILES string of the molecule is Cn1ncc2cc(CN3CC4CC4(COCC45CC(CO4)C5)C3)ccc21. The Morgan fingerprint density at radius 2 is 2.19 bits per heavy atom. The molecule has 2 unspecified atom stereocenters. The van der Waals surface area contributed by atoms with Gasteiger partial charge >= 0.3 is 0 Å². The van der Waals surface area contributed by atoms with Crippen molar-refractivity contribution in [3.63, 3.8) is 0 Å². The number of nitrogens with zero attached hydrogens (tertiary/aromatic N) is 3. The first-order chi connectivity index (χ1) is 12.6. The van der Waals surface area contributed by atoms with Crippen LogP contribution < -0.4 is 0 Å². The lowest BCUT2D eigenvalue weighted by molar-refractivity contribution is -0.0786. The molecule has 5 fully saturated rings. The summed E-state index contributed by atoms with van der Waals surface area (Å²) in [6.45, 7) is 6.14. The Morgan fingerprint density at radius 3 is 3.04 bits per heavy atom. The molecule has 2 atom stereocenters. The van der Waals surface area contributed by atoms with Gasteiger partial charge in [-0.2, -0.15) is 5.10 Å². The molecular weight excluding hydrogens is 326 g/mol. The molecule has 4 heterocycles. The second kappa shape index (κ2) is 5.31. The minimum absolute atomic E-state index is 0.100. The Balaban J connectivity index is 1.06. The summed E-state index contributed by atoms with van der Waals surface area (Å²) in [6, 6.07) is 6.74. The van der Waals surface area contributed by atoms with Gasteiger partial charge in [-0.15, -0.1) is 0 Å². The van der Waals surface area contributed by atoms with Crippen LogP contribution in [0.1, 0.15) is 24.8 Å². The molecule has 2 bridgehead atoms. The van der Waals surface area contributed by atoms with E-state index in [1.165, 1.54) is 48.8 Å². The molecule has 0 spiro atoms. The van der Waals surface area contributed by atoms with E-state index >= 15 is 0 Å². The van der Waals surface area contributed by atoms with E-state index in [2.05, 4.69) is 28.2 Å². The second-order valence-electron chi connectivity index (χ2n) is 9.36. The predicted molar refractivity (Wildman–Crippen MR) is 98.8 cm³/mol. The Morgan fingerprint density at radius 1 is 1.27 bits per heavy atom. The van der Waals surface area contributed by atoms with E-state index in [0.717, 1.165) is 38.2 Å². The molecule has 1 aromatic heterocycles. The molecule has 5 heteroatoms. The Kier molecular flexibility index (Phi) is 3.19. The molecule has 2 aliphatic carbocycles. The summed E-state index contributed by atoms with van der Waals surface area (Å²) in [5.41, 5.74) is 3.12. The van der Waals surface area contributed by atoms with E-state index in [1.54, 1.807) is 0 Å². The van der Waals surface area contributed by atoms with Crippen LogP contribution in [0.4, 0.5) is 0 Å². The fourth-order valence-electron chi connectivity index (χ4n) is 5.74. The summed E-state index contributed by atoms with van der Waals surface area (Å²) in [7, 11) is 2.00. The Hall–Kier alpha value is -1.43. The molecule has 5 aliphatic rings. The maximum atomic E-state index is 6.18. The van der Waals surface area contributed by atoms with Crippen molar-refractivity contribution in [2.75, 3.05) is 32.9 Å². The molecule has 7 rings (SSSR count). The van der Waals surface area contributed by atoms with Gasteiger partial charge in [0.1, 0.15) is 0 Å². The Bertz CT molecular complexity index is 851. The summed E-state index contributed by atoms with van der Waals surface area (Å²) in [5.74, 6) is 1.66. The normalized spacial score (nSPS) is 37.9. The molecule has 2 aromatic rings. The van der Waals surface area contributed by atoms with Gasteiger partial charge in [0.15, 0.2) is 0 Å². The second-order valence-corrected chi connectivity index (χ2v) is 9.36. The van der Waals surface area contributed by atoms with Crippen molar-refractivity contribution >= 4 is 10.9 Å². The minimum Gasteiger partial charge on any atom is -0.378 e. The van der Waals surface area contributed by atoms with Gasteiger partial charge in [0.25, 0.3) is 0 Å². The zero-order chi connectivity index (χ0) is 17.4. The highest BCUT2D eigenvalue weighted by molar-refractivity contribution is 5.79. The van der Waals surface area contributed by atoms with Gasteiger partial charge in [-0.05, 0) is 48.8 Å². The number of benzene rings is 1. The van der Waals surface area contributed by atoms with Crippen LogP contribution in [0.3, 0.4) is 0 Å². The van der Waals surface area contributed by atoms with Gasteiger partial charge < -0.3 is 9.47 Å². The first kappa shape index (κ1) is 15.6. The van der Waals surface area contributed by atoms with Crippen molar-refractivity contribution in [1.29, 1.82) is 0 Å². The smallest absolute Gasteiger partial charge is 0.0921 e. The number of hydrogen-bond acceptors (Lipinski definition) is 4. The minimum atomic E-state index is 0.100. The van der Waals surface area contributed by atoms with Crippen LogP contribution in [0.25, 0.3) is 10.9 Å². The molecule has 138 valence electrons. The van der Waals surface area contributed by atoms with E-state index in [9.17, 15) is 0 Å². The maximum Gasteiger partial charge on any atom is 0.0921 e. The molecule has 3 aliphatic heterocycles. The standard InChI is InChI=1S/C21H27N3O2/c1-23-19-3-2-15(4-17(19)8-22-23)9-24-10-18-7-20(18,12-24)13-25-14-21-5-16(6-21)11-26-21/h2-4,8,16,18H,5-7,9-14H2,1H3. The van der Waals surface area contributed by atoms with E-state index in [0.29, 0.717) is 5.41 Å². The number of fused-ring (bicyclic) bond motifs is 3. The summed E-state index contributed by atoms with van der Waals surface area (Å²) >= 11 is 0. The van der Waals surface area contributed by atoms with Gasteiger partial charge in [0, 0.05) is 37.5 Å².